The maximum atomic E-state index is 15.8. The Morgan fingerprint density at radius 1 is 0.269 bits per heavy atom. The number of aromatic nitrogens is 4. The molecule has 52 heavy (non-hydrogen) atoms. The van der Waals surface area contributed by atoms with Crippen LogP contribution in [0.15, 0.2) is 122 Å². The lowest BCUT2D eigenvalue weighted by molar-refractivity contribution is 0.442. The molecule has 0 atom stereocenters. The van der Waals surface area contributed by atoms with E-state index < -0.39 is 69.3 Å². The smallest absolute Gasteiger partial charge is 0.188 e. The molecule has 0 saturated heterocycles. The summed E-state index contributed by atoms with van der Waals surface area (Å²) in [6.45, 7) is 0. The number of halogens is 8. The lowest BCUT2D eigenvalue weighted by atomic mass is 9.98. The van der Waals surface area contributed by atoms with Crippen molar-refractivity contribution in [3.63, 3.8) is 0 Å². The van der Waals surface area contributed by atoms with E-state index in [0.29, 0.717) is 44.5 Å². The van der Waals surface area contributed by atoms with Gasteiger partial charge in [-0.25, -0.2) is 35.1 Å². The molecule has 8 aromatic rings. The van der Waals surface area contributed by atoms with Crippen LogP contribution in [-0.4, -0.2) is 18.3 Å². The third kappa shape index (κ3) is 4.53. The second-order valence-electron chi connectivity index (χ2n) is 12.2. The van der Waals surface area contributed by atoms with E-state index >= 15 is 35.1 Å². The number of hydrogen-bond acceptors (Lipinski definition) is 0. The molecule has 0 amide bonds. The molecule has 256 valence electrons. The quantitative estimate of drug-likeness (QED) is 0.110. The third-order valence-electron chi connectivity index (χ3n) is 9.34. The largest absolute Gasteiger partial charge is 0.318 e. The third-order valence-corrected chi connectivity index (χ3v) is 9.34. The van der Waals surface area contributed by atoms with Crippen LogP contribution in [0.1, 0.15) is 0 Å². The van der Waals surface area contributed by atoms with Crippen molar-refractivity contribution in [1.82, 2.24) is 18.3 Å². The van der Waals surface area contributed by atoms with Gasteiger partial charge in [0.25, 0.3) is 0 Å². The zero-order valence-electron chi connectivity index (χ0n) is 26.4. The molecule has 12 heteroatoms. The summed E-state index contributed by atoms with van der Waals surface area (Å²) in [6, 6.07) is 19.1. The minimum atomic E-state index is -1.62. The first kappa shape index (κ1) is 31.4. The Bertz CT molecular complexity index is 2320. The van der Waals surface area contributed by atoms with Crippen LogP contribution in [0.5, 0.6) is 0 Å². The number of nitrogens with zero attached hydrogens (tertiary/aromatic N) is 4. The summed E-state index contributed by atoms with van der Waals surface area (Å²) >= 11 is 0. The molecular weight excluding hydrogens is 688 g/mol. The van der Waals surface area contributed by atoms with Crippen molar-refractivity contribution in [3.05, 3.63) is 169 Å². The molecular formula is C40H20F8N4. The van der Waals surface area contributed by atoms with Crippen LogP contribution in [-0.2, 0) is 0 Å². The minimum absolute atomic E-state index is 0.361. The molecule has 0 spiro atoms. The van der Waals surface area contributed by atoms with Crippen molar-refractivity contribution in [1.29, 1.82) is 0 Å². The molecule has 12 rings (SSSR count). The molecule has 0 radical (unpaired) electrons. The molecule has 0 unspecified atom stereocenters. The topological polar surface area (TPSA) is 19.7 Å². The number of hydrogen-bond donors (Lipinski definition) is 0. The summed E-state index contributed by atoms with van der Waals surface area (Å²) in [7, 11) is 0. The van der Waals surface area contributed by atoms with E-state index in [2.05, 4.69) is 0 Å². The fourth-order valence-electron chi connectivity index (χ4n) is 6.88. The van der Waals surface area contributed by atoms with Gasteiger partial charge in [-0.15, -0.1) is 0 Å². The first-order valence-corrected chi connectivity index (χ1v) is 15.8. The molecule has 8 heterocycles. The van der Waals surface area contributed by atoms with E-state index in [9.17, 15) is 0 Å². The van der Waals surface area contributed by atoms with Gasteiger partial charge in [-0.3, -0.25) is 0 Å². The standard InChI is InChI=1S/C40H20F8N4/c41-29-31(43)39-32(44)30(42)37(29)49-13-9-21(17-49)25-5-1-2-6-26(25)22-10-14-50(18-22)38-33(45)35(47)40(36(48)34(38)46)52-16-12-24(20-52)28-8-4-3-7-27(28)23-11-15-51(39)19-23/h1-20H. The molecule has 4 nitrogen and oxygen atoms in total. The Hall–Kier alpha value is -6.56. The summed E-state index contributed by atoms with van der Waals surface area (Å²) < 4.78 is 130. The maximum absolute atomic E-state index is 15.8. The predicted molar refractivity (Wildman–Crippen MR) is 179 cm³/mol. The van der Waals surface area contributed by atoms with Gasteiger partial charge in [0.15, 0.2) is 46.5 Å². The molecule has 4 aromatic heterocycles. The van der Waals surface area contributed by atoms with E-state index in [0.717, 1.165) is 18.3 Å². The van der Waals surface area contributed by atoms with Crippen LogP contribution >= 0.6 is 0 Å². The van der Waals surface area contributed by atoms with Crippen LogP contribution in [0.3, 0.4) is 0 Å². The summed E-state index contributed by atoms with van der Waals surface area (Å²) in [5.41, 5.74) is -0.637. The van der Waals surface area contributed by atoms with Crippen LogP contribution in [0.4, 0.5) is 35.1 Å². The Labute approximate surface area is 289 Å². The summed E-state index contributed by atoms with van der Waals surface area (Å²) in [6.07, 6.45) is 10.0. The fourth-order valence-corrected chi connectivity index (χ4v) is 6.88. The summed E-state index contributed by atoms with van der Waals surface area (Å²) in [5.74, 6) is -13.0. The molecule has 12 bridgehead atoms. The highest BCUT2D eigenvalue weighted by Gasteiger charge is 2.30. The number of rotatable bonds is 0. The van der Waals surface area contributed by atoms with Crippen molar-refractivity contribution < 1.29 is 35.1 Å². The molecule has 0 fully saturated rings. The van der Waals surface area contributed by atoms with Gasteiger partial charge in [0.2, 0.25) is 0 Å². The van der Waals surface area contributed by atoms with Crippen LogP contribution in [0.25, 0.3) is 67.3 Å². The number of benzene rings is 4. The van der Waals surface area contributed by atoms with Crippen molar-refractivity contribution >= 4 is 0 Å². The van der Waals surface area contributed by atoms with E-state index in [1.54, 1.807) is 48.5 Å². The normalized spacial score (nSPS) is 11.8. The van der Waals surface area contributed by atoms with Crippen LogP contribution in [0.2, 0.25) is 0 Å². The molecule has 0 aliphatic carbocycles. The highest BCUT2D eigenvalue weighted by Crippen LogP contribution is 2.39. The second kappa shape index (κ2) is 11.5. The predicted octanol–water partition coefficient (Wildman–Crippen LogP) is 10.9. The lowest BCUT2D eigenvalue weighted by Gasteiger charge is -2.14. The Morgan fingerprint density at radius 3 is 0.654 bits per heavy atom. The van der Waals surface area contributed by atoms with Gasteiger partial charge in [-0.05, 0) is 46.5 Å². The van der Waals surface area contributed by atoms with Gasteiger partial charge >= 0.3 is 0 Å². The zero-order chi connectivity index (χ0) is 36.0. The fraction of sp³-hybridized carbons (Fsp3) is 0. The van der Waals surface area contributed by atoms with Crippen molar-refractivity contribution in [3.8, 4) is 67.3 Å². The summed E-state index contributed by atoms with van der Waals surface area (Å²) in [4.78, 5) is 0. The maximum Gasteiger partial charge on any atom is 0.188 e. The molecule has 4 aromatic carbocycles. The van der Waals surface area contributed by atoms with Gasteiger partial charge in [0.1, 0.15) is 22.7 Å². The van der Waals surface area contributed by atoms with Gasteiger partial charge in [0, 0.05) is 71.8 Å². The highest BCUT2D eigenvalue weighted by atomic mass is 19.2. The van der Waals surface area contributed by atoms with Gasteiger partial charge in [0.05, 0.1) is 0 Å². The van der Waals surface area contributed by atoms with E-state index in [1.165, 1.54) is 73.8 Å². The minimum Gasteiger partial charge on any atom is -0.318 e. The van der Waals surface area contributed by atoms with Crippen LogP contribution < -0.4 is 0 Å². The van der Waals surface area contributed by atoms with Gasteiger partial charge in [-0.2, -0.15) is 0 Å². The van der Waals surface area contributed by atoms with Gasteiger partial charge < -0.3 is 18.3 Å². The Balaban J connectivity index is 1.32. The Kier molecular flexibility index (Phi) is 6.94. The van der Waals surface area contributed by atoms with Crippen molar-refractivity contribution in [2.75, 3.05) is 0 Å². The van der Waals surface area contributed by atoms with E-state index in [-0.39, 0.29) is 0 Å². The van der Waals surface area contributed by atoms with Crippen LogP contribution in [0, 0.1) is 46.5 Å². The van der Waals surface area contributed by atoms with E-state index in [1.807, 2.05) is 0 Å². The highest BCUT2D eigenvalue weighted by molar-refractivity contribution is 5.85. The zero-order valence-corrected chi connectivity index (χ0v) is 26.4. The Morgan fingerprint density at radius 2 is 0.462 bits per heavy atom. The second-order valence-corrected chi connectivity index (χ2v) is 12.2. The first-order valence-electron chi connectivity index (χ1n) is 15.8. The van der Waals surface area contributed by atoms with Crippen molar-refractivity contribution in [2.45, 2.75) is 0 Å². The molecule has 0 saturated carbocycles. The van der Waals surface area contributed by atoms with Gasteiger partial charge in [-0.1, -0.05) is 48.5 Å². The summed E-state index contributed by atoms with van der Waals surface area (Å²) in [5, 5.41) is 0. The molecule has 4 aliphatic heterocycles. The SMILES string of the molecule is Fc1c(F)c2c(F)c(F)c1-n1ccc(c1)-c1ccccc1-c1ccn(c1)-c1c(F)c(F)c(c(F)c1F)-n1ccc(c1)-c1ccccc1-c1ccn-2c1. The monoisotopic (exact) mass is 708 g/mol. The van der Waals surface area contributed by atoms with E-state index in [4.69, 9.17) is 0 Å². The van der Waals surface area contributed by atoms with Crippen molar-refractivity contribution in [2.24, 2.45) is 0 Å². The lowest BCUT2D eigenvalue weighted by Crippen LogP contribution is -2.11. The first-order chi connectivity index (χ1) is 25.1. The molecule has 0 N–H and O–H groups in total. The average molecular weight is 709 g/mol. The molecule has 4 aliphatic rings. The average Bonchev–Trinajstić information content (AvgIpc) is 3.99.